The largest absolute Gasteiger partial charge is 0.366 e. The van der Waals surface area contributed by atoms with Crippen molar-refractivity contribution in [2.75, 3.05) is 10.6 Å². The summed E-state index contributed by atoms with van der Waals surface area (Å²) in [6.45, 7) is 7.12. The van der Waals surface area contributed by atoms with Crippen LogP contribution in [-0.2, 0) is 12.0 Å². The second kappa shape index (κ2) is 7.99. The van der Waals surface area contributed by atoms with Crippen LogP contribution >= 0.6 is 0 Å². The Balaban J connectivity index is 1.58. The average Bonchev–Trinajstić information content (AvgIpc) is 2.68. The fourth-order valence-corrected chi connectivity index (χ4v) is 2.59. The lowest BCUT2D eigenvalue weighted by Crippen LogP contribution is -2.14. The number of rotatable bonds is 5. The highest BCUT2D eigenvalue weighted by molar-refractivity contribution is 6.04. The zero-order valence-corrected chi connectivity index (χ0v) is 15.9. The summed E-state index contributed by atoms with van der Waals surface area (Å²) in [6.07, 6.45) is 5.17. The molecule has 5 heteroatoms. The van der Waals surface area contributed by atoms with E-state index in [4.69, 9.17) is 0 Å². The number of carbonyl (C=O) groups excluding carboxylic acids is 1. The molecular weight excluding hydrogens is 336 g/mol. The molecule has 0 fully saturated rings. The van der Waals surface area contributed by atoms with Crippen molar-refractivity contribution < 1.29 is 4.79 Å². The molecule has 0 atom stereocenters. The molecule has 0 spiro atoms. The highest BCUT2D eigenvalue weighted by atomic mass is 16.1. The van der Waals surface area contributed by atoms with Gasteiger partial charge in [0.2, 0.25) is 0 Å². The van der Waals surface area contributed by atoms with E-state index in [0.29, 0.717) is 17.8 Å². The maximum absolute atomic E-state index is 12.4. The van der Waals surface area contributed by atoms with E-state index in [1.54, 1.807) is 18.6 Å². The van der Waals surface area contributed by atoms with Gasteiger partial charge in [-0.05, 0) is 52.9 Å². The third-order valence-electron chi connectivity index (χ3n) is 4.26. The monoisotopic (exact) mass is 360 g/mol. The molecule has 138 valence electrons. The predicted octanol–water partition coefficient (Wildman–Crippen LogP) is 4.64. The third kappa shape index (κ3) is 5.14. The van der Waals surface area contributed by atoms with Crippen molar-refractivity contribution in [2.24, 2.45) is 0 Å². The molecule has 0 aliphatic heterocycles. The summed E-state index contributed by atoms with van der Waals surface area (Å²) in [7, 11) is 0. The van der Waals surface area contributed by atoms with Crippen LogP contribution in [0.15, 0.2) is 67.1 Å². The Morgan fingerprint density at radius 1 is 0.963 bits per heavy atom. The molecule has 27 heavy (non-hydrogen) atoms. The van der Waals surface area contributed by atoms with E-state index in [0.717, 1.165) is 11.4 Å². The van der Waals surface area contributed by atoms with Crippen LogP contribution in [0.5, 0.6) is 0 Å². The minimum Gasteiger partial charge on any atom is -0.366 e. The number of hydrogen-bond acceptors (Lipinski definition) is 4. The van der Waals surface area contributed by atoms with E-state index < -0.39 is 0 Å². The fourth-order valence-electron chi connectivity index (χ4n) is 2.59. The van der Waals surface area contributed by atoms with Crippen molar-refractivity contribution in [1.29, 1.82) is 0 Å². The Bertz CT molecular complexity index is 882. The van der Waals surface area contributed by atoms with E-state index in [9.17, 15) is 4.79 Å². The van der Waals surface area contributed by atoms with Crippen LogP contribution in [-0.4, -0.2) is 15.9 Å². The van der Waals surface area contributed by atoms with Gasteiger partial charge in [0.25, 0.3) is 5.91 Å². The molecule has 0 bridgehead atoms. The number of aromatic nitrogens is 2. The van der Waals surface area contributed by atoms with E-state index >= 15 is 0 Å². The summed E-state index contributed by atoms with van der Waals surface area (Å²) in [4.78, 5) is 20.8. The number of amides is 1. The van der Waals surface area contributed by atoms with Gasteiger partial charge in [0.1, 0.15) is 5.82 Å². The molecule has 1 aromatic carbocycles. The first kappa shape index (κ1) is 18.6. The van der Waals surface area contributed by atoms with Crippen LogP contribution in [0.3, 0.4) is 0 Å². The van der Waals surface area contributed by atoms with Crippen molar-refractivity contribution in [3.8, 4) is 0 Å². The van der Waals surface area contributed by atoms with E-state index in [1.165, 1.54) is 5.56 Å². The number of benzene rings is 1. The lowest BCUT2D eigenvalue weighted by atomic mass is 9.87. The summed E-state index contributed by atoms with van der Waals surface area (Å²) < 4.78 is 0. The molecule has 0 saturated carbocycles. The first-order valence-electron chi connectivity index (χ1n) is 8.92. The van der Waals surface area contributed by atoms with Crippen LogP contribution in [0.4, 0.5) is 11.5 Å². The standard InChI is InChI=1S/C22H24N4O/c1-22(2,3)18-6-4-17(5-7-18)21(27)26-19-8-9-20(25-15-19)24-14-16-10-12-23-13-11-16/h4-13,15H,14H2,1-3H3,(H,24,25)(H,26,27). The van der Waals surface area contributed by atoms with Gasteiger partial charge in [-0.1, -0.05) is 32.9 Å². The smallest absolute Gasteiger partial charge is 0.255 e. The Labute approximate surface area is 159 Å². The summed E-state index contributed by atoms with van der Waals surface area (Å²) in [5.41, 5.74) is 3.68. The molecule has 1 amide bonds. The van der Waals surface area contributed by atoms with Gasteiger partial charge in [0.15, 0.2) is 0 Å². The van der Waals surface area contributed by atoms with Crippen LogP contribution in [0.25, 0.3) is 0 Å². The molecule has 2 N–H and O–H groups in total. The van der Waals surface area contributed by atoms with Gasteiger partial charge >= 0.3 is 0 Å². The maximum atomic E-state index is 12.4. The molecule has 0 unspecified atom stereocenters. The van der Waals surface area contributed by atoms with Crippen LogP contribution in [0.2, 0.25) is 0 Å². The highest BCUT2D eigenvalue weighted by Gasteiger charge is 2.14. The Kier molecular flexibility index (Phi) is 5.50. The van der Waals surface area contributed by atoms with Gasteiger partial charge in [-0.3, -0.25) is 9.78 Å². The number of nitrogens with one attached hydrogen (secondary N) is 2. The van der Waals surface area contributed by atoms with Crippen molar-refractivity contribution in [2.45, 2.75) is 32.7 Å². The van der Waals surface area contributed by atoms with Crippen molar-refractivity contribution in [3.05, 3.63) is 83.8 Å². The zero-order valence-electron chi connectivity index (χ0n) is 15.9. The summed E-state index contributed by atoms with van der Waals surface area (Å²) in [6, 6.07) is 15.3. The highest BCUT2D eigenvalue weighted by Crippen LogP contribution is 2.22. The van der Waals surface area contributed by atoms with Gasteiger partial charge in [0, 0.05) is 24.5 Å². The Hall–Kier alpha value is -3.21. The zero-order chi connectivity index (χ0) is 19.3. The molecule has 5 nitrogen and oxygen atoms in total. The molecule has 0 aliphatic rings. The number of nitrogens with zero attached hydrogens (tertiary/aromatic N) is 2. The first-order valence-corrected chi connectivity index (χ1v) is 8.92. The quantitative estimate of drug-likeness (QED) is 0.696. The minimum absolute atomic E-state index is 0.0675. The topological polar surface area (TPSA) is 66.9 Å². The Morgan fingerprint density at radius 3 is 2.26 bits per heavy atom. The summed E-state index contributed by atoms with van der Waals surface area (Å²) in [5, 5.41) is 6.12. The molecule has 0 aliphatic carbocycles. The first-order chi connectivity index (χ1) is 12.9. The van der Waals surface area contributed by atoms with Crippen LogP contribution in [0, 0.1) is 0 Å². The second-order valence-corrected chi connectivity index (χ2v) is 7.42. The molecule has 3 aromatic rings. The molecule has 0 radical (unpaired) electrons. The molecule has 2 aromatic heterocycles. The number of carbonyl (C=O) groups is 1. The Morgan fingerprint density at radius 2 is 1.67 bits per heavy atom. The summed E-state index contributed by atoms with van der Waals surface area (Å²) in [5.74, 6) is 0.606. The second-order valence-electron chi connectivity index (χ2n) is 7.42. The van der Waals surface area contributed by atoms with Gasteiger partial charge < -0.3 is 10.6 Å². The van der Waals surface area contributed by atoms with Gasteiger partial charge in [-0.2, -0.15) is 0 Å². The fraction of sp³-hybridized carbons (Fsp3) is 0.227. The molecule has 2 heterocycles. The van der Waals surface area contributed by atoms with E-state index in [2.05, 4.69) is 41.4 Å². The van der Waals surface area contributed by atoms with Gasteiger partial charge in [-0.15, -0.1) is 0 Å². The van der Waals surface area contributed by atoms with Gasteiger partial charge in [-0.25, -0.2) is 4.98 Å². The van der Waals surface area contributed by atoms with Crippen molar-refractivity contribution in [1.82, 2.24) is 9.97 Å². The third-order valence-corrected chi connectivity index (χ3v) is 4.26. The maximum Gasteiger partial charge on any atom is 0.255 e. The van der Waals surface area contributed by atoms with Crippen LogP contribution < -0.4 is 10.6 Å². The normalized spacial score (nSPS) is 11.1. The molecular formula is C22H24N4O. The van der Waals surface area contributed by atoms with E-state index in [1.807, 2.05) is 48.5 Å². The SMILES string of the molecule is CC(C)(C)c1ccc(C(=O)Nc2ccc(NCc3ccncc3)nc2)cc1. The van der Waals surface area contributed by atoms with E-state index in [-0.39, 0.29) is 11.3 Å². The van der Waals surface area contributed by atoms with Crippen molar-refractivity contribution >= 4 is 17.4 Å². The number of hydrogen-bond donors (Lipinski definition) is 2. The van der Waals surface area contributed by atoms with Gasteiger partial charge in [0.05, 0.1) is 11.9 Å². The lowest BCUT2D eigenvalue weighted by molar-refractivity contribution is 0.102. The summed E-state index contributed by atoms with van der Waals surface area (Å²) >= 11 is 0. The van der Waals surface area contributed by atoms with Crippen LogP contribution in [0.1, 0.15) is 42.3 Å². The number of anilines is 2. The number of pyridine rings is 2. The predicted molar refractivity (Wildman–Crippen MR) is 109 cm³/mol. The minimum atomic E-state index is -0.144. The molecule has 3 rings (SSSR count). The lowest BCUT2D eigenvalue weighted by Gasteiger charge is -2.19. The van der Waals surface area contributed by atoms with Crippen molar-refractivity contribution in [3.63, 3.8) is 0 Å². The molecule has 0 saturated heterocycles. The average molecular weight is 360 g/mol.